The number of alkyl halides is 2. The molecule has 0 N–H and O–H groups in total. The van der Waals surface area contributed by atoms with Crippen LogP contribution in [0.2, 0.25) is 0 Å². The number of halogens is 2. The summed E-state index contributed by atoms with van der Waals surface area (Å²) in [4.78, 5) is 24.6. The molecular weight excluding hydrogens is 470 g/mol. The summed E-state index contributed by atoms with van der Waals surface area (Å²) in [6, 6.07) is 8.63. The number of aromatic nitrogens is 1. The van der Waals surface area contributed by atoms with Gasteiger partial charge in [0.15, 0.2) is 0 Å². The van der Waals surface area contributed by atoms with Crippen LogP contribution in [-0.4, -0.2) is 77.0 Å². The van der Waals surface area contributed by atoms with Crippen LogP contribution in [0.5, 0.6) is 5.75 Å². The Hall–Kier alpha value is -2.26. The Morgan fingerprint density at radius 1 is 1.14 bits per heavy atom. The molecule has 1 atom stereocenters. The first-order valence-electron chi connectivity index (χ1n) is 12.8. The molecule has 1 aromatic heterocycles. The predicted molar refractivity (Wildman–Crippen MR) is 133 cm³/mol. The van der Waals surface area contributed by atoms with Gasteiger partial charge < -0.3 is 19.4 Å². The molecule has 0 aliphatic carbocycles. The summed E-state index contributed by atoms with van der Waals surface area (Å²) in [6.45, 7) is 6.62. The van der Waals surface area contributed by atoms with Crippen molar-refractivity contribution in [2.75, 3.05) is 39.3 Å². The van der Waals surface area contributed by atoms with Crippen molar-refractivity contribution >= 4 is 17.4 Å². The number of carbonyl (C=O) groups excluding carboxylic acids is 1. The molecule has 0 bridgehead atoms. The highest BCUT2D eigenvalue weighted by Gasteiger charge is 2.37. The Kier molecular flexibility index (Phi) is 7.25. The van der Waals surface area contributed by atoms with Crippen LogP contribution >= 0.6 is 11.3 Å². The number of thiazole rings is 1. The zero-order valence-electron chi connectivity index (χ0n) is 20.3. The molecule has 1 aromatic carbocycles. The highest BCUT2D eigenvalue weighted by Crippen LogP contribution is 2.34. The van der Waals surface area contributed by atoms with Gasteiger partial charge in [0, 0.05) is 61.9 Å². The lowest BCUT2D eigenvalue weighted by atomic mass is 10.1. The van der Waals surface area contributed by atoms with E-state index < -0.39 is 5.92 Å². The van der Waals surface area contributed by atoms with Gasteiger partial charge in [0.1, 0.15) is 10.8 Å². The van der Waals surface area contributed by atoms with Crippen LogP contribution < -0.4 is 4.74 Å². The lowest BCUT2D eigenvalue weighted by Crippen LogP contribution is -2.49. The normalized spacial score (nSPS) is 22.3. The number of nitrogens with zero attached hydrogens (tertiary/aromatic N) is 4. The van der Waals surface area contributed by atoms with E-state index in [2.05, 4.69) is 11.8 Å². The van der Waals surface area contributed by atoms with Crippen molar-refractivity contribution in [3.8, 4) is 16.3 Å². The molecule has 35 heavy (non-hydrogen) atoms. The first-order valence-corrected chi connectivity index (χ1v) is 13.6. The topological polar surface area (TPSA) is 48.9 Å². The van der Waals surface area contributed by atoms with Crippen LogP contribution in [0.25, 0.3) is 10.6 Å². The monoisotopic (exact) mass is 504 g/mol. The summed E-state index contributed by atoms with van der Waals surface area (Å²) in [5.41, 5.74) is 2.08. The molecule has 3 aliphatic rings. The van der Waals surface area contributed by atoms with Crippen LogP contribution in [0.4, 0.5) is 13.6 Å². The van der Waals surface area contributed by atoms with E-state index in [9.17, 15) is 13.6 Å². The van der Waals surface area contributed by atoms with E-state index >= 15 is 0 Å². The average Bonchev–Trinajstić information content (AvgIpc) is 3.47. The number of likely N-dealkylation sites (tertiary alicyclic amines) is 2. The largest absolute Gasteiger partial charge is 0.494 e. The van der Waals surface area contributed by atoms with Gasteiger partial charge in [0.05, 0.1) is 18.8 Å². The number of carbonyl (C=O) groups is 1. The van der Waals surface area contributed by atoms with E-state index in [-0.39, 0.29) is 32.0 Å². The lowest BCUT2D eigenvalue weighted by Gasteiger charge is -2.36. The molecule has 2 saturated heterocycles. The van der Waals surface area contributed by atoms with Crippen molar-refractivity contribution in [1.82, 2.24) is 19.7 Å². The third-order valence-corrected chi connectivity index (χ3v) is 8.55. The summed E-state index contributed by atoms with van der Waals surface area (Å²) in [7, 11) is 0. The maximum Gasteiger partial charge on any atom is 0.320 e. The van der Waals surface area contributed by atoms with E-state index in [0.717, 1.165) is 39.9 Å². The van der Waals surface area contributed by atoms with Gasteiger partial charge in [-0.2, -0.15) is 0 Å². The standard InChI is InChI=1S/C26H34F2N4O2S/c1-19-4-2-12-30(19)13-3-17-34-21-7-5-20(6-8-21)24-29-22-9-14-32(18-23(22)35-24)25(33)31-15-10-26(27,28)11-16-31/h5-8,19H,2-4,9-18H2,1H3. The number of ether oxygens (including phenoxy) is 1. The van der Waals surface area contributed by atoms with E-state index in [1.807, 2.05) is 24.3 Å². The Morgan fingerprint density at radius 3 is 2.63 bits per heavy atom. The highest BCUT2D eigenvalue weighted by atomic mass is 32.1. The van der Waals surface area contributed by atoms with Gasteiger partial charge in [-0.05, 0) is 57.0 Å². The van der Waals surface area contributed by atoms with Crippen molar-refractivity contribution < 1.29 is 18.3 Å². The number of hydrogen-bond donors (Lipinski definition) is 0. The first kappa shape index (κ1) is 24.4. The fraction of sp³-hybridized carbons (Fsp3) is 0.615. The molecule has 2 aromatic rings. The lowest BCUT2D eigenvalue weighted by molar-refractivity contribution is -0.0493. The molecule has 0 radical (unpaired) electrons. The van der Waals surface area contributed by atoms with Gasteiger partial charge >= 0.3 is 6.03 Å². The van der Waals surface area contributed by atoms with Gasteiger partial charge in [-0.15, -0.1) is 11.3 Å². The third kappa shape index (κ3) is 5.77. The molecule has 4 heterocycles. The Bertz CT molecular complexity index is 1020. The third-order valence-electron chi connectivity index (χ3n) is 7.42. The SMILES string of the molecule is CC1CCCN1CCCOc1ccc(-c2nc3c(s2)CN(C(=O)N2CCC(F)(F)CC2)CC3)cc1. The minimum Gasteiger partial charge on any atom is -0.494 e. The van der Waals surface area contributed by atoms with Crippen molar-refractivity contribution in [3.05, 3.63) is 34.8 Å². The van der Waals surface area contributed by atoms with Crippen molar-refractivity contribution in [3.63, 3.8) is 0 Å². The summed E-state index contributed by atoms with van der Waals surface area (Å²) in [5.74, 6) is -1.78. The van der Waals surface area contributed by atoms with Crippen LogP contribution in [0.1, 0.15) is 49.6 Å². The fourth-order valence-electron chi connectivity index (χ4n) is 5.18. The minimum absolute atomic E-state index is 0.120. The molecule has 0 saturated carbocycles. The number of amides is 2. The molecule has 2 amide bonds. The maximum atomic E-state index is 13.5. The fourth-order valence-corrected chi connectivity index (χ4v) is 6.31. The second-order valence-electron chi connectivity index (χ2n) is 9.94. The molecule has 1 unspecified atom stereocenters. The number of rotatable bonds is 6. The zero-order valence-corrected chi connectivity index (χ0v) is 21.2. The van der Waals surface area contributed by atoms with Crippen molar-refractivity contribution in [1.29, 1.82) is 0 Å². The molecule has 5 rings (SSSR count). The van der Waals surface area contributed by atoms with Crippen LogP contribution in [0, 0.1) is 0 Å². The number of piperidine rings is 1. The molecule has 6 nitrogen and oxygen atoms in total. The van der Waals surface area contributed by atoms with Crippen molar-refractivity contribution in [2.24, 2.45) is 0 Å². The van der Waals surface area contributed by atoms with Gasteiger partial charge in [-0.25, -0.2) is 18.6 Å². The molecule has 9 heteroatoms. The number of hydrogen-bond acceptors (Lipinski definition) is 5. The van der Waals surface area contributed by atoms with E-state index in [1.54, 1.807) is 21.1 Å². The van der Waals surface area contributed by atoms with E-state index in [1.165, 1.54) is 19.4 Å². The second kappa shape index (κ2) is 10.4. The Labute approximate surface area is 209 Å². The Morgan fingerprint density at radius 2 is 1.91 bits per heavy atom. The van der Waals surface area contributed by atoms with E-state index in [0.29, 0.717) is 32.2 Å². The predicted octanol–water partition coefficient (Wildman–Crippen LogP) is 5.27. The smallest absolute Gasteiger partial charge is 0.320 e. The highest BCUT2D eigenvalue weighted by molar-refractivity contribution is 7.15. The maximum absolute atomic E-state index is 13.5. The molecule has 0 spiro atoms. The quantitative estimate of drug-likeness (QED) is 0.503. The van der Waals surface area contributed by atoms with E-state index in [4.69, 9.17) is 9.72 Å². The minimum atomic E-state index is -2.65. The molecular formula is C26H34F2N4O2S. The van der Waals surface area contributed by atoms with Gasteiger partial charge in [0.25, 0.3) is 5.92 Å². The summed E-state index contributed by atoms with van der Waals surface area (Å²) >= 11 is 1.61. The molecule has 3 aliphatic heterocycles. The molecule has 190 valence electrons. The molecule has 2 fully saturated rings. The van der Waals surface area contributed by atoms with Gasteiger partial charge in [-0.1, -0.05) is 0 Å². The van der Waals surface area contributed by atoms with Crippen molar-refractivity contribution in [2.45, 2.75) is 64.0 Å². The Balaban J connectivity index is 1.13. The van der Waals surface area contributed by atoms with Gasteiger partial charge in [-0.3, -0.25) is 0 Å². The number of fused-ring (bicyclic) bond motifs is 1. The second-order valence-corrected chi connectivity index (χ2v) is 11.0. The number of benzene rings is 1. The zero-order chi connectivity index (χ0) is 24.4. The first-order chi connectivity index (χ1) is 16.9. The van der Waals surface area contributed by atoms with Crippen LogP contribution in [-0.2, 0) is 13.0 Å². The number of urea groups is 1. The van der Waals surface area contributed by atoms with Crippen LogP contribution in [0.15, 0.2) is 24.3 Å². The average molecular weight is 505 g/mol. The van der Waals surface area contributed by atoms with Crippen LogP contribution in [0.3, 0.4) is 0 Å². The van der Waals surface area contributed by atoms with Gasteiger partial charge in [0.2, 0.25) is 0 Å². The summed E-state index contributed by atoms with van der Waals surface area (Å²) in [5, 5.41) is 0.941. The summed E-state index contributed by atoms with van der Waals surface area (Å²) in [6.07, 6.45) is 3.83. The summed E-state index contributed by atoms with van der Waals surface area (Å²) < 4.78 is 32.8.